The lowest BCUT2D eigenvalue weighted by Crippen LogP contribution is -2.40. The molecule has 1 aromatic rings. The predicted molar refractivity (Wildman–Crippen MR) is 110 cm³/mol. The van der Waals surface area contributed by atoms with Gasteiger partial charge in [-0.3, -0.25) is 14.9 Å². The summed E-state index contributed by atoms with van der Waals surface area (Å²) >= 11 is 0. The van der Waals surface area contributed by atoms with Crippen molar-refractivity contribution in [1.82, 2.24) is 9.62 Å². The molecule has 0 bridgehead atoms. The minimum Gasteiger partial charge on any atom is -0.454 e. The van der Waals surface area contributed by atoms with Crippen LogP contribution in [-0.2, 0) is 29.1 Å². The molecule has 0 saturated carbocycles. The molecule has 1 aromatic carbocycles. The third-order valence-electron chi connectivity index (χ3n) is 4.63. The SMILES string of the molecule is CNC(=O)COC(=O)[C@@H](Nc1ccc(S(=O)(=O)N2CCOCC2)cc1[N+](=O)[O-])C(C)C. The summed E-state index contributed by atoms with van der Waals surface area (Å²) in [6, 6.07) is 2.45. The predicted octanol–water partition coefficient (Wildman–Crippen LogP) is 0.341. The monoisotopic (exact) mass is 458 g/mol. The Labute approximate surface area is 180 Å². The van der Waals surface area contributed by atoms with Crippen LogP contribution >= 0.6 is 0 Å². The summed E-state index contributed by atoms with van der Waals surface area (Å²) in [5, 5.41) is 16.7. The minimum atomic E-state index is -3.93. The van der Waals surface area contributed by atoms with E-state index in [0.29, 0.717) is 0 Å². The number of morpholine rings is 1. The van der Waals surface area contributed by atoms with Gasteiger partial charge in [-0.1, -0.05) is 13.8 Å². The molecule has 0 radical (unpaired) electrons. The summed E-state index contributed by atoms with van der Waals surface area (Å²) < 4.78 is 36.9. The van der Waals surface area contributed by atoms with E-state index < -0.39 is 45.2 Å². The van der Waals surface area contributed by atoms with E-state index in [1.807, 2.05) is 0 Å². The van der Waals surface area contributed by atoms with Crippen molar-refractivity contribution in [3.05, 3.63) is 28.3 Å². The van der Waals surface area contributed by atoms with Gasteiger partial charge in [0.05, 0.1) is 23.0 Å². The summed E-state index contributed by atoms with van der Waals surface area (Å²) in [6.07, 6.45) is 0. The van der Waals surface area contributed by atoms with Gasteiger partial charge in [-0.25, -0.2) is 13.2 Å². The fourth-order valence-corrected chi connectivity index (χ4v) is 4.27. The maximum Gasteiger partial charge on any atom is 0.329 e. The Balaban J connectivity index is 2.30. The minimum absolute atomic E-state index is 0.0403. The standard InChI is InChI=1S/C18H26N4O8S/c1-12(2)17(18(24)30-11-16(23)19-3)20-14-5-4-13(10-15(14)22(25)26)31(27,28)21-6-8-29-9-7-21/h4-5,10,12,17,20H,6-9,11H2,1-3H3,(H,19,23)/t17-/m0/s1. The van der Waals surface area contributed by atoms with E-state index in [-0.39, 0.29) is 42.8 Å². The number of rotatable bonds is 9. The maximum absolute atomic E-state index is 12.8. The number of hydrogen-bond donors (Lipinski definition) is 2. The third-order valence-corrected chi connectivity index (χ3v) is 6.52. The number of nitro benzene ring substituents is 1. The van der Waals surface area contributed by atoms with E-state index in [4.69, 9.17) is 9.47 Å². The zero-order chi connectivity index (χ0) is 23.2. The second-order valence-electron chi connectivity index (χ2n) is 7.10. The van der Waals surface area contributed by atoms with Gasteiger partial charge in [0.25, 0.3) is 11.6 Å². The Morgan fingerprint density at radius 3 is 2.48 bits per heavy atom. The van der Waals surface area contributed by atoms with Crippen molar-refractivity contribution in [2.24, 2.45) is 5.92 Å². The Morgan fingerprint density at radius 1 is 1.29 bits per heavy atom. The molecule has 1 heterocycles. The van der Waals surface area contributed by atoms with Crippen molar-refractivity contribution >= 4 is 33.3 Å². The average molecular weight is 458 g/mol. The molecule has 0 aliphatic carbocycles. The molecule has 1 atom stereocenters. The number of hydrogen-bond acceptors (Lipinski definition) is 9. The fourth-order valence-electron chi connectivity index (χ4n) is 2.84. The molecular formula is C18H26N4O8S. The van der Waals surface area contributed by atoms with Gasteiger partial charge in [0, 0.05) is 26.2 Å². The second-order valence-corrected chi connectivity index (χ2v) is 9.04. The smallest absolute Gasteiger partial charge is 0.329 e. The lowest BCUT2D eigenvalue weighted by molar-refractivity contribution is -0.384. The van der Waals surface area contributed by atoms with Gasteiger partial charge in [0.15, 0.2) is 6.61 Å². The molecule has 2 N–H and O–H groups in total. The molecule has 1 amide bonds. The number of nitrogens with zero attached hydrogens (tertiary/aromatic N) is 2. The molecule has 1 fully saturated rings. The quantitative estimate of drug-likeness (QED) is 0.302. The fraction of sp³-hybridized carbons (Fsp3) is 0.556. The van der Waals surface area contributed by atoms with Gasteiger partial charge in [-0.05, 0) is 18.1 Å². The normalized spacial score (nSPS) is 15.9. The van der Waals surface area contributed by atoms with Crippen LogP contribution in [0.25, 0.3) is 0 Å². The Bertz CT molecular complexity index is 928. The number of sulfonamides is 1. The number of nitrogens with one attached hydrogen (secondary N) is 2. The highest BCUT2D eigenvalue weighted by atomic mass is 32.2. The van der Waals surface area contributed by atoms with E-state index >= 15 is 0 Å². The molecule has 12 nitrogen and oxygen atoms in total. The van der Waals surface area contributed by atoms with Crippen molar-refractivity contribution in [2.75, 3.05) is 45.3 Å². The Morgan fingerprint density at radius 2 is 1.94 bits per heavy atom. The van der Waals surface area contributed by atoms with Crippen molar-refractivity contribution < 1.29 is 32.4 Å². The number of carbonyl (C=O) groups excluding carboxylic acids is 2. The molecule has 172 valence electrons. The van der Waals surface area contributed by atoms with Crippen LogP contribution in [0.3, 0.4) is 0 Å². The van der Waals surface area contributed by atoms with Gasteiger partial charge >= 0.3 is 5.97 Å². The van der Waals surface area contributed by atoms with Gasteiger partial charge in [0.1, 0.15) is 11.7 Å². The number of esters is 1. The average Bonchev–Trinajstić information content (AvgIpc) is 2.75. The van der Waals surface area contributed by atoms with Crippen molar-refractivity contribution in [1.29, 1.82) is 0 Å². The van der Waals surface area contributed by atoms with E-state index in [0.717, 1.165) is 6.07 Å². The first-order valence-corrected chi connectivity index (χ1v) is 11.0. The van der Waals surface area contributed by atoms with Crippen molar-refractivity contribution in [3.63, 3.8) is 0 Å². The molecular weight excluding hydrogens is 432 g/mol. The number of nitro groups is 1. The summed E-state index contributed by atoms with van der Waals surface area (Å²) in [5.74, 6) is -1.61. The van der Waals surface area contributed by atoms with Crippen molar-refractivity contribution in [2.45, 2.75) is 24.8 Å². The lowest BCUT2D eigenvalue weighted by Gasteiger charge is -2.26. The number of anilines is 1. The molecule has 1 saturated heterocycles. The van der Waals surface area contributed by atoms with Crippen LogP contribution in [0.2, 0.25) is 0 Å². The Hall–Kier alpha value is -2.77. The lowest BCUT2D eigenvalue weighted by atomic mass is 10.0. The second kappa shape index (κ2) is 10.5. The van der Waals surface area contributed by atoms with Crippen LogP contribution in [0.1, 0.15) is 13.8 Å². The summed E-state index contributed by atoms with van der Waals surface area (Å²) in [7, 11) is -2.54. The highest BCUT2D eigenvalue weighted by molar-refractivity contribution is 7.89. The van der Waals surface area contributed by atoms with E-state index in [1.54, 1.807) is 13.8 Å². The summed E-state index contributed by atoms with van der Waals surface area (Å²) in [5.41, 5.74) is -0.541. The molecule has 31 heavy (non-hydrogen) atoms. The topological polar surface area (TPSA) is 157 Å². The zero-order valence-corrected chi connectivity index (χ0v) is 18.3. The number of amides is 1. The van der Waals surface area contributed by atoms with Crippen LogP contribution in [0.4, 0.5) is 11.4 Å². The van der Waals surface area contributed by atoms with E-state index in [9.17, 15) is 28.1 Å². The highest BCUT2D eigenvalue weighted by Crippen LogP contribution is 2.30. The number of ether oxygens (including phenoxy) is 2. The van der Waals surface area contributed by atoms with Crippen LogP contribution < -0.4 is 10.6 Å². The molecule has 13 heteroatoms. The van der Waals surface area contributed by atoms with E-state index in [2.05, 4.69) is 10.6 Å². The molecule has 2 rings (SSSR count). The van der Waals surface area contributed by atoms with Gasteiger partial charge in [-0.15, -0.1) is 0 Å². The Kier molecular flexibility index (Phi) is 8.30. The number of benzene rings is 1. The molecule has 0 spiro atoms. The van der Waals surface area contributed by atoms with Crippen LogP contribution in [0.15, 0.2) is 23.1 Å². The van der Waals surface area contributed by atoms with E-state index in [1.165, 1.54) is 23.5 Å². The van der Waals surface area contributed by atoms with Gasteiger partial charge in [-0.2, -0.15) is 4.31 Å². The first kappa shape index (κ1) is 24.5. The number of carbonyl (C=O) groups is 2. The zero-order valence-electron chi connectivity index (χ0n) is 17.5. The number of likely N-dealkylation sites (N-methyl/N-ethyl adjacent to an activating group) is 1. The largest absolute Gasteiger partial charge is 0.454 e. The highest BCUT2D eigenvalue weighted by Gasteiger charge is 2.31. The first-order chi connectivity index (χ1) is 14.6. The van der Waals surface area contributed by atoms with Crippen LogP contribution in [0, 0.1) is 16.0 Å². The van der Waals surface area contributed by atoms with Gasteiger partial charge in [0.2, 0.25) is 10.0 Å². The van der Waals surface area contributed by atoms with Crippen LogP contribution in [0.5, 0.6) is 0 Å². The van der Waals surface area contributed by atoms with Crippen LogP contribution in [-0.4, -0.2) is 75.5 Å². The van der Waals surface area contributed by atoms with Crippen molar-refractivity contribution in [3.8, 4) is 0 Å². The molecule has 1 aliphatic rings. The molecule has 0 unspecified atom stereocenters. The third kappa shape index (κ3) is 6.12. The summed E-state index contributed by atoms with van der Waals surface area (Å²) in [6.45, 7) is 3.71. The molecule has 0 aromatic heterocycles. The molecule has 1 aliphatic heterocycles. The maximum atomic E-state index is 12.8. The first-order valence-electron chi connectivity index (χ1n) is 9.58. The summed E-state index contributed by atoms with van der Waals surface area (Å²) in [4.78, 5) is 34.3. The van der Waals surface area contributed by atoms with Gasteiger partial charge < -0.3 is 20.1 Å².